The van der Waals surface area contributed by atoms with E-state index in [1.165, 1.54) is 0 Å². The van der Waals surface area contributed by atoms with Gasteiger partial charge in [-0.15, -0.1) is 0 Å². The Morgan fingerprint density at radius 2 is 1.87 bits per heavy atom. The Morgan fingerprint density at radius 1 is 1.17 bits per heavy atom. The minimum absolute atomic E-state index is 0.266. The number of nitrogens with one attached hydrogen (secondary N) is 1. The lowest BCUT2D eigenvalue weighted by molar-refractivity contribution is -0.110. The summed E-state index contributed by atoms with van der Waals surface area (Å²) in [7, 11) is 0. The van der Waals surface area contributed by atoms with Gasteiger partial charge in [-0.2, -0.15) is 0 Å². The summed E-state index contributed by atoms with van der Waals surface area (Å²) in [6, 6.07) is 14.1. The van der Waals surface area contributed by atoms with Crippen molar-refractivity contribution in [2.24, 2.45) is 5.92 Å². The van der Waals surface area contributed by atoms with Gasteiger partial charge in [0.15, 0.2) is 0 Å². The first-order valence-electron chi connectivity index (χ1n) is 7.78. The molecular formula is C19H23NO3. The molecule has 1 amide bonds. The fourth-order valence-electron chi connectivity index (χ4n) is 2.45. The Kier molecular flexibility index (Phi) is 5.37. The van der Waals surface area contributed by atoms with Crippen LogP contribution in [0.2, 0.25) is 0 Å². The fraction of sp³-hybridized carbons (Fsp3) is 0.368. The van der Waals surface area contributed by atoms with Gasteiger partial charge in [0.1, 0.15) is 11.9 Å². The van der Waals surface area contributed by atoms with E-state index >= 15 is 0 Å². The van der Waals surface area contributed by atoms with Crippen molar-refractivity contribution in [2.45, 2.75) is 32.8 Å². The van der Waals surface area contributed by atoms with Gasteiger partial charge in [-0.05, 0) is 43.5 Å². The first-order chi connectivity index (χ1) is 10.9. The number of hydrogen-bond acceptors (Lipinski definition) is 3. The summed E-state index contributed by atoms with van der Waals surface area (Å²) in [6.45, 7) is 5.68. The second kappa shape index (κ2) is 7.27. The maximum absolute atomic E-state index is 11.7. The van der Waals surface area contributed by atoms with Gasteiger partial charge in [0, 0.05) is 12.5 Å². The lowest BCUT2D eigenvalue weighted by atomic mass is 9.95. The number of ether oxygens (including phenoxy) is 1. The smallest absolute Gasteiger partial charge is 0.407 e. The summed E-state index contributed by atoms with van der Waals surface area (Å²) in [5, 5.41) is 4.95. The Labute approximate surface area is 136 Å². The van der Waals surface area contributed by atoms with Crippen LogP contribution >= 0.6 is 0 Å². The standard InChI is InChI=1S/C19H23NO3/c1-19(2,3)23-18(22)20-12-14(13-21)11-16-9-6-8-15-7-4-5-10-17(15)16/h4-10,13-14H,11-12H2,1-3H3,(H,20,22). The van der Waals surface area contributed by atoms with Crippen LogP contribution in [0.3, 0.4) is 0 Å². The molecule has 0 saturated heterocycles. The van der Waals surface area contributed by atoms with E-state index in [9.17, 15) is 9.59 Å². The van der Waals surface area contributed by atoms with Crippen LogP contribution < -0.4 is 5.32 Å². The topological polar surface area (TPSA) is 55.4 Å². The molecular weight excluding hydrogens is 290 g/mol. The number of benzene rings is 2. The predicted octanol–water partition coefficient (Wildman–Crippen LogP) is 3.72. The van der Waals surface area contributed by atoms with E-state index in [0.717, 1.165) is 22.6 Å². The molecule has 0 fully saturated rings. The van der Waals surface area contributed by atoms with Crippen LogP contribution in [0.5, 0.6) is 0 Å². The molecule has 0 aliphatic heterocycles. The molecule has 0 bridgehead atoms. The summed E-state index contributed by atoms with van der Waals surface area (Å²) in [5.74, 6) is -0.284. The van der Waals surface area contributed by atoms with Gasteiger partial charge in [-0.3, -0.25) is 0 Å². The lowest BCUT2D eigenvalue weighted by Gasteiger charge is -2.20. The SMILES string of the molecule is CC(C)(C)OC(=O)NCC(C=O)Cc1cccc2ccccc12. The van der Waals surface area contributed by atoms with Crippen LogP contribution in [-0.4, -0.2) is 24.5 Å². The molecule has 1 unspecified atom stereocenters. The molecule has 4 nitrogen and oxygen atoms in total. The second-order valence-electron chi connectivity index (χ2n) is 6.62. The maximum Gasteiger partial charge on any atom is 0.407 e. The predicted molar refractivity (Wildman–Crippen MR) is 91.4 cm³/mol. The summed E-state index contributed by atoms with van der Waals surface area (Å²) >= 11 is 0. The normalized spacial score (nSPS) is 12.7. The number of fused-ring (bicyclic) bond motifs is 1. The zero-order valence-corrected chi connectivity index (χ0v) is 13.8. The minimum Gasteiger partial charge on any atom is -0.444 e. The van der Waals surface area contributed by atoms with Crippen molar-refractivity contribution < 1.29 is 14.3 Å². The van der Waals surface area contributed by atoms with Crippen LogP contribution in [0.25, 0.3) is 10.8 Å². The van der Waals surface area contributed by atoms with E-state index in [-0.39, 0.29) is 12.5 Å². The number of amides is 1. The van der Waals surface area contributed by atoms with Gasteiger partial charge in [-0.1, -0.05) is 42.5 Å². The summed E-state index contributed by atoms with van der Waals surface area (Å²) in [6.07, 6.45) is 0.974. The minimum atomic E-state index is -0.545. The van der Waals surface area contributed by atoms with Gasteiger partial charge in [-0.25, -0.2) is 4.79 Å². The average molecular weight is 313 g/mol. The molecule has 1 atom stereocenters. The Bertz CT molecular complexity index is 683. The molecule has 4 heteroatoms. The number of aldehydes is 1. The van der Waals surface area contributed by atoms with Crippen LogP contribution in [0.15, 0.2) is 42.5 Å². The molecule has 1 N–H and O–H groups in total. The summed E-state index contributed by atoms with van der Waals surface area (Å²) in [4.78, 5) is 23.0. The van der Waals surface area contributed by atoms with Crippen LogP contribution in [0, 0.1) is 5.92 Å². The highest BCUT2D eigenvalue weighted by molar-refractivity contribution is 5.86. The zero-order valence-electron chi connectivity index (χ0n) is 13.8. The molecule has 2 aromatic carbocycles. The van der Waals surface area contributed by atoms with Gasteiger partial charge in [0.2, 0.25) is 0 Å². The van der Waals surface area contributed by atoms with Crippen molar-refractivity contribution in [2.75, 3.05) is 6.54 Å². The van der Waals surface area contributed by atoms with Crippen LogP contribution in [0.4, 0.5) is 4.79 Å². The van der Waals surface area contributed by atoms with Crippen molar-refractivity contribution in [3.8, 4) is 0 Å². The third-order valence-electron chi connectivity index (χ3n) is 3.46. The van der Waals surface area contributed by atoms with E-state index < -0.39 is 11.7 Å². The highest BCUT2D eigenvalue weighted by Gasteiger charge is 2.18. The molecule has 0 saturated carbocycles. The summed E-state index contributed by atoms with van der Waals surface area (Å²) in [5.41, 5.74) is 0.558. The van der Waals surface area contributed by atoms with Crippen LogP contribution in [-0.2, 0) is 16.0 Å². The van der Waals surface area contributed by atoms with E-state index in [0.29, 0.717) is 6.42 Å². The van der Waals surface area contributed by atoms with Crippen molar-refractivity contribution in [3.05, 3.63) is 48.0 Å². The Hall–Kier alpha value is -2.36. The lowest BCUT2D eigenvalue weighted by Crippen LogP contribution is -2.36. The molecule has 122 valence electrons. The van der Waals surface area contributed by atoms with Crippen molar-refractivity contribution in [1.82, 2.24) is 5.32 Å². The molecule has 0 heterocycles. The fourth-order valence-corrected chi connectivity index (χ4v) is 2.45. The third kappa shape index (κ3) is 5.09. The van der Waals surface area contributed by atoms with E-state index in [1.54, 1.807) is 20.8 Å². The number of rotatable bonds is 5. The summed E-state index contributed by atoms with van der Waals surface area (Å²) < 4.78 is 5.19. The number of carbonyl (C=O) groups is 2. The van der Waals surface area contributed by atoms with E-state index in [4.69, 9.17) is 4.74 Å². The first kappa shape index (κ1) is 17.0. The Morgan fingerprint density at radius 3 is 2.57 bits per heavy atom. The highest BCUT2D eigenvalue weighted by atomic mass is 16.6. The molecule has 0 aliphatic carbocycles. The third-order valence-corrected chi connectivity index (χ3v) is 3.46. The van der Waals surface area contributed by atoms with Crippen LogP contribution in [0.1, 0.15) is 26.3 Å². The molecule has 0 aliphatic rings. The number of hydrogen-bond donors (Lipinski definition) is 1. The monoisotopic (exact) mass is 313 g/mol. The first-order valence-corrected chi connectivity index (χ1v) is 7.78. The largest absolute Gasteiger partial charge is 0.444 e. The van der Waals surface area contributed by atoms with Gasteiger partial charge in [0.25, 0.3) is 0 Å². The van der Waals surface area contributed by atoms with Crippen molar-refractivity contribution in [3.63, 3.8) is 0 Å². The molecule has 0 aromatic heterocycles. The maximum atomic E-state index is 11.7. The molecule has 2 rings (SSSR count). The molecule has 0 spiro atoms. The van der Waals surface area contributed by atoms with Gasteiger partial charge in [0.05, 0.1) is 0 Å². The quantitative estimate of drug-likeness (QED) is 0.856. The zero-order chi connectivity index (χ0) is 16.9. The van der Waals surface area contributed by atoms with E-state index in [2.05, 4.69) is 5.32 Å². The van der Waals surface area contributed by atoms with Crippen molar-refractivity contribution in [1.29, 1.82) is 0 Å². The second-order valence-corrected chi connectivity index (χ2v) is 6.62. The Balaban J connectivity index is 2.02. The average Bonchev–Trinajstić information content (AvgIpc) is 2.50. The molecule has 23 heavy (non-hydrogen) atoms. The molecule has 0 radical (unpaired) electrons. The number of alkyl carbamates (subject to hydrolysis) is 1. The number of carbonyl (C=O) groups excluding carboxylic acids is 2. The van der Waals surface area contributed by atoms with Gasteiger partial charge >= 0.3 is 6.09 Å². The van der Waals surface area contributed by atoms with Crippen molar-refractivity contribution >= 4 is 23.2 Å². The molecule has 2 aromatic rings. The van der Waals surface area contributed by atoms with E-state index in [1.807, 2.05) is 42.5 Å². The highest BCUT2D eigenvalue weighted by Crippen LogP contribution is 2.20. The van der Waals surface area contributed by atoms with Gasteiger partial charge < -0.3 is 14.8 Å².